The molecular weight excluding hydrogens is 308 g/mol. The summed E-state index contributed by atoms with van der Waals surface area (Å²) in [5, 5.41) is 11.0. The Hall–Kier alpha value is -2.84. The minimum atomic E-state index is -0.541. The minimum Gasteiger partial charge on any atom is -0.497 e. The molecule has 3 aromatic rings. The zero-order chi connectivity index (χ0) is 17.2. The maximum Gasteiger partial charge on any atom is 0.118 e. The standard InChI is InChI=1S/C23H20O2/c1-25-17-13-10-16(11-14-17)12-15-22-20-8-3-2-6-18(20)19-7-4-5-9-21(19)23(22)24/h2-15,22-24H,1H3/b15-12+/t22-,23-/m0/s1. The minimum absolute atomic E-state index is 0.0619. The van der Waals surface area contributed by atoms with E-state index in [2.05, 4.69) is 36.4 Å². The summed E-state index contributed by atoms with van der Waals surface area (Å²) in [5.41, 5.74) is 5.57. The highest BCUT2D eigenvalue weighted by molar-refractivity contribution is 5.75. The fourth-order valence-corrected chi connectivity index (χ4v) is 3.54. The molecule has 0 unspecified atom stereocenters. The topological polar surface area (TPSA) is 29.5 Å². The quantitative estimate of drug-likeness (QED) is 0.715. The van der Waals surface area contributed by atoms with Gasteiger partial charge < -0.3 is 9.84 Å². The van der Waals surface area contributed by atoms with E-state index in [1.165, 1.54) is 11.1 Å². The molecular formula is C23H20O2. The summed E-state index contributed by atoms with van der Waals surface area (Å²) < 4.78 is 5.20. The molecule has 0 aromatic heterocycles. The van der Waals surface area contributed by atoms with Gasteiger partial charge in [-0.15, -0.1) is 0 Å². The number of fused-ring (bicyclic) bond motifs is 3. The van der Waals surface area contributed by atoms with Crippen LogP contribution in [0.3, 0.4) is 0 Å². The predicted molar refractivity (Wildman–Crippen MR) is 102 cm³/mol. The molecule has 4 rings (SSSR count). The zero-order valence-electron chi connectivity index (χ0n) is 14.1. The Bertz CT molecular complexity index is 909. The van der Waals surface area contributed by atoms with Crippen LogP contribution in [0.2, 0.25) is 0 Å². The lowest BCUT2D eigenvalue weighted by Crippen LogP contribution is -2.15. The summed E-state index contributed by atoms with van der Waals surface area (Å²) in [5.74, 6) is 0.780. The number of aliphatic hydroxyl groups excluding tert-OH is 1. The molecule has 2 atom stereocenters. The summed E-state index contributed by atoms with van der Waals surface area (Å²) in [6.45, 7) is 0. The van der Waals surface area contributed by atoms with Crippen LogP contribution in [0.5, 0.6) is 5.75 Å². The smallest absolute Gasteiger partial charge is 0.118 e. The molecule has 0 spiro atoms. The Kier molecular flexibility index (Phi) is 4.12. The lowest BCUT2D eigenvalue weighted by atomic mass is 9.76. The molecule has 25 heavy (non-hydrogen) atoms. The zero-order valence-corrected chi connectivity index (χ0v) is 14.1. The largest absolute Gasteiger partial charge is 0.497 e. The van der Waals surface area contributed by atoms with E-state index >= 15 is 0 Å². The summed E-state index contributed by atoms with van der Waals surface area (Å²) in [6.07, 6.45) is 3.62. The van der Waals surface area contributed by atoms with Crippen LogP contribution in [-0.4, -0.2) is 12.2 Å². The first-order valence-corrected chi connectivity index (χ1v) is 8.46. The fraction of sp³-hybridized carbons (Fsp3) is 0.130. The molecule has 2 nitrogen and oxygen atoms in total. The number of rotatable bonds is 3. The van der Waals surface area contributed by atoms with E-state index in [1.54, 1.807) is 7.11 Å². The number of methoxy groups -OCH3 is 1. The second-order valence-electron chi connectivity index (χ2n) is 6.28. The Morgan fingerprint density at radius 3 is 2.08 bits per heavy atom. The van der Waals surface area contributed by atoms with Gasteiger partial charge in [-0.3, -0.25) is 0 Å². The molecule has 3 aromatic carbocycles. The van der Waals surface area contributed by atoms with E-state index in [1.807, 2.05) is 48.5 Å². The highest BCUT2D eigenvalue weighted by Crippen LogP contribution is 2.46. The molecule has 124 valence electrons. The summed E-state index contributed by atoms with van der Waals surface area (Å²) in [7, 11) is 1.66. The summed E-state index contributed by atoms with van der Waals surface area (Å²) >= 11 is 0. The second-order valence-corrected chi connectivity index (χ2v) is 6.28. The van der Waals surface area contributed by atoms with E-state index in [4.69, 9.17) is 4.74 Å². The molecule has 0 saturated heterocycles. The van der Waals surface area contributed by atoms with Crippen LogP contribution in [0, 0.1) is 0 Å². The third-order valence-corrected chi connectivity index (χ3v) is 4.84. The van der Waals surface area contributed by atoms with Gasteiger partial charge in [0.05, 0.1) is 13.2 Å². The molecule has 1 N–H and O–H groups in total. The van der Waals surface area contributed by atoms with Gasteiger partial charge in [-0.25, -0.2) is 0 Å². The number of hydrogen-bond donors (Lipinski definition) is 1. The van der Waals surface area contributed by atoms with E-state index < -0.39 is 6.10 Å². The molecule has 1 aliphatic carbocycles. The van der Waals surface area contributed by atoms with Crippen molar-refractivity contribution >= 4 is 6.08 Å². The van der Waals surface area contributed by atoms with Crippen molar-refractivity contribution in [3.63, 3.8) is 0 Å². The number of aliphatic hydroxyl groups is 1. The summed E-state index contributed by atoms with van der Waals surface area (Å²) in [4.78, 5) is 0. The molecule has 0 bridgehead atoms. The van der Waals surface area contributed by atoms with Crippen molar-refractivity contribution < 1.29 is 9.84 Å². The first-order chi connectivity index (χ1) is 12.3. The Morgan fingerprint density at radius 2 is 1.40 bits per heavy atom. The van der Waals surface area contributed by atoms with Gasteiger partial charge in [0.2, 0.25) is 0 Å². The van der Waals surface area contributed by atoms with Gasteiger partial charge in [-0.1, -0.05) is 72.8 Å². The van der Waals surface area contributed by atoms with Gasteiger partial charge in [0.1, 0.15) is 5.75 Å². The van der Waals surface area contributed by atoms with Gasteiger partial charge in [0, 0.05) is 5.92 Å². The fourth-order valence-electron chi connectivity index (χ4n) is 3.54. The van der Waals surface area contributed by atoms with Crippen LogP contribution in [0.25, 0.3) is 17.2 Å². The first-order valence-electron chi connectivity index (χ1n) is 8.46. The lowest BCUT2D eigenvalue weighted by Gasteiger charge is -2.30. The number of ether oxygens (including phenoxy) is 1. The Labute approximate surface area is 148 Å². The van der Waals surface area contributed by atoms with E-state index in [9.17, 15) is 5.11 Å². The van der Waals surface area contributed by atoms with Gasteiger partial charge >= 0.3 is 0 Å². The van der Waals surface area contributed by atoms with Crippen molar-refractivity contribution in [1.82, 2.24) is 0 Å². The van der Waals surface area contributed by atoms with Gasteiger partial charge in [0.15, 0.2) is 0 Å². The molecule has 0 heterocycles. The first kappa shape index (κ1) is 15.7. The maximum atomic E-state index is 11.0. The molecule has 0 aliphatic heterocycles. The average Bonchev–Trinajstić information content (AvgIpc) is 2.68. The highest BCUT2D eigenvalue weighted by atomic mass is 16.5. The average molecular weight is 328 g/mol. The van der Waals surface area contributed by atoms with Crippen molar-refractivity contribution in [2.75, 3.05) is 7.11 Å². The number of hydrogen-bond acceptors (Lipinski definition) is 2. The van der Waals surface area contributed by atoms with Crippen LogP contribution in [0.4, 0.5) is 0 Å². The van der Waals surface area contributed by atoms with Crippen LogP contribution in [-0.2, 0) is 0 Å². The second kappa shape index (κ2) is 6.58. The number of benzene rings is 3. The third-order valence-electron chi connectivity index (χ3n) is 4.84. The van der Waals surface area contributed by atoms with Crippen molar-refractivity contribution in [2.45, 2.75) is 12.0 Å². The highest BCUT2D eigenvalue weighted by Gasteiger charge is 2.30. The maximum absolute atomic E-state index is 11.0. The van der Waals surface area contributed by atoms with Crippen LogP contribution in [0.15, 0.2) is 78.9 Å². The lowest BCUT2D eigenvalue weighted by molar-refractivity contribution is 0.160. The Morgan fingerprint density at radius 1 is 0.800 bits per heavy atom. The summed E-state index contributed by atoms with van der Waals surface area (Å²) in [6, 6.07) is 24.4. The van der Waals surface area contributed by atoms with E-state index in [0.717, 1.165) is 22.4 Å². The van der Waals surface area contributed by atoms with E-state index in [-0.39, 0.29) is 5.92 Å². The molecule has 1 aliphatic rings. The van der Waals surface area contributed by atoms with Gasteiger partial charge in [0.25, 0.3) is 0 Å². The SMILES string of the molecule is COc1ccc(/C=C/[C@H]2c3ccccc3-c3ccccc3[C@@H]2O)cc1. The predicted octanol–water partition coefficient (Wildman–Crippen LogP) is 5.21. The van der Waals surface area contributed by atoms with Gasteiger partial charge in [-0.05, 0) is 39.9 Å². The third kappa shape index (κ3) is 2.86. The Balaban J connectivity index is 1.73. The van der Waals surface area contributed by atoms with Crippen molar-refractivity contribution in [3.8, 4) is 16.9 Å². The normalized spacial score (nSPS) is 18.6. The molecule has 2 heteroatoms. The molecule has 0 radical (unpaired) electrons. The van der Waals surface area contributed by atoms with Crippen molar-refractivity contribution in [1.29, 1.82) is 0 Å². The van der Waals surface area contributed by atoms with Crippen molar-refractivity contribution in [2.24, 2.45) is 0 Å². The molecule has 0 saturated carbocycles. The molecule has 0 amide bonds. The van der Waals surface area contributed by atoms with Crippen LogP contribution in [0.1, 0.15) is 28.7 Å². The van der Waals surface area contributed by atoms with Crippen molar-refractivity contribution in [3.05, 3.63) is 95.6 Å². The monoisotopic (exact) mass is 328 g/mol. The van der Waals surface area contributed by atoms with Gasteiger partial charge in [-0.2, -0.15) is 0 Å². The molecule has 0 fully saturated rings. The van der Waals surface area contributed by atoms with Crippen LogP contribution >= 0.6 is 0 Å². The van der Waals surface area contributed by atoms with Crippen LogP contribution < -0.4 is 4.74 Å². The van der Waals surface area contributed by atoms with E-state index in [0.29, 0.717) is 0 Å².